The second-order valence-electron chi connectivity index (χ2n) is 6.52. The monoisotopic (exact) mass is 258 g/mol. The Morgan fingerprint density at radius 3 is 2.17 bits per heavy atom. The lowest BCUT2D eigenvalue weighted by molar-refractivity contribution is -0.186. The second kappa shape index (κ2) is 5.17. The van der Waals surface area contributed by atoms with Crippen molar-refractivity contribution in [3.63, 3.8) is 0 Å². The number of aliphatic hydroxyl groups is 1. The standard InChI is InChI=1S/C14H26O4/c1-9-7-14(16,8-10(2)17-9)11(3)12(15)18-13(4,5)6/h9-11,16H,7-8H2,1-6H3. The molecule has 1 heterocycles. The van der Waals surface area contributed by atoms with Gasteiger partial charge in [0.05, 0.1) is 23.7 Å². The SMILES string of the molecule is CC1CC(O)(C(C)C(=O)OC(C)(C)C)CC(C)O1. The van der Waals surface area contributed by atoms with Gasteiger partial charge in [-0.1, -0.05) is 0 Å². The van der Waals surface area contributed by atoms with Crippen LogP contribution in [-0.2, 0) is 14.3 Å². The molecule has 0 saturated carbocycles. The molecule has 1 aliphatic rings. The molecule has 0 spiro atoms. The van der Waals surface area contributed by atoms with Gasteiger partial charge in [0, 0.05) is 12.8 Å². The molecule has 0 aromatic heterocycles. The first-order chi connectivity index (χ1) is 8.03. The van der Waals surface area contributed by atoms with E-state index in [9.17, 15) is 9.90 Å². The van der Waals surface area contributed by atoms with Gasteiger partial charge < -0.3 is 14.6 Å². The first-order valence-corrected chi connectivity index (χ1v) is 6.64. The molecule has 1 rings (SSSR count). The molecule has 4 heteroatoms. The zero-order valence-corrected chi connectivity index (χ0v) is 12.3. The highest BCUT2D eigenvalue weighted by atomic mass is 16.6. The Labute approximate surface area is 110 Å². The number of carbonyl (C=O) groups is 1. The molecular formula is C14H26O4. The highest BCUT2D eigenvalue weighted by Gasteiger charge is 2.45. The van der Waals surface area contributed by atoms with Crippen LogP contribution in [0.5, 0.6) is 0 Å². The van der Waals surface area contributed by atoms with Gasteiger partial charge in [-0.2, -0.15) is 0 Å². The summed E-state index contributed by atoms with van der Waals surface area (Å²) in [7, 11) is 0. The Kier molecular flexibility index (Phi) is 4.44. The Bertz CT molecular complexity index is 295. The normalized spacial score (nSPS) is 35.1. The molecule has 0 amide bonds. The smallest absolute Gasteiger partial charge is 0.312 e. The van der Waals surface area contributed by atoms with E-state index in [-0.39, 0.29) is 18.2 Å². The summed E-state index contributed by atoms with van der Waals surface area (Å²) in [6.07, 6.45) is 0.863. The van der Waals surface area contributed by atoms with Crippen molar-refractivity contribution >= 4 is 5.97 Å². The van der Waals surface area contributed by atoms with Crippen LogP contribution in [-0.4, -0.2) is 34.5 Å². The minimum absolute atomic E-state index is 0.0383. The van der Waals surface area contributed by atoms with Crippen molar-refractivity contribution < 1.29 is 19.4 Å². The first kappa shape index (κ1) is 15.4. The fraction of sp³-hybridized carbons (Fsp3) is 0.929. The number of hydrogen-bond donors (Lipinski definition) is 1. The molecule has 4 nitrogen and oxygen atoms in total. The first-order valence-electron chi connectivity index (χ1n) is 6.64. The molecule has 0 aliphatic carbocycles. The van der Waals surface area contributed by atoms with Gasteiger partial charge in [0.1, 0.15) is 5.60 Å². The number of rotatable bonds is 2. The molecule has 1 N–H and O–H groups in total. The van der Waals surface area contributed by atoms with Crippen molar-refractivity contribution in [1.82, 2.24) is 0 Å². The van der Waals surface area contributed by atoms with Gasteiger partial charge in [0.2, 0.25) is 0 Å². The molecule has 106 valence electrons. The fourth-order valence-electron chi connectivity index (χ4n) is 2.53. The van der Waals surface area contributed by atoms with Crippen LogP contribution < -0.4 is 0 Å². The van der Waals surface area contributed by atoms with E-state index < -0.39 is 17.1 Å². The van der Waals surface area contributed by atoms with Crippen molar-refractivity contribution in [1.29, 1.82) is 0 Å². The average molecular weight is 258 g/mol. The lowest BCUT2D eigenvalue weighted by Crippen LogP contribution is -2.51. The molecule has 0 aromatic carbocycles. The van der Waals surface area contributed by atoms with Crippen LogP contribution in [0.3, 0.4) is 0 Å². The molecule has 18 heavy (non-hydrogen) atoms. The molecule has 0 aromatic rings. The van der Waals surface area contributed by atoms with Crippen LogP contribution in [0.2, 0.25) is 0 Å². The fourth-order valence-corrected chi connectivity index (χ4v) is 2.53. The van der Waals surface area contributed by atoms with Gasteiger partial charge >= 0.3 is 5.97 Å². The number of esters is 1. The third-order valence-electron chi connectivity index (χ3n) is 3.31. The van der Waals surface area contributed by atoms with Gasteiger partial charge in [-0.25, -0.2) is 0 Å². The van der Waals surface area contributed by atoms with Crippen molar-refractivity contribution in [2.75, 3.05) is 0 Å². The molecule has 1 saturated heterocycles. The summed E-state index contributed by atoms with van der Waals surface area (Å²) in [5.74, 6) is -0.878. The summed E-state index contributed by atoms with van der Waals surface area (Å²) in [4.78, 5) is 12.1. The van der Waals surface area contributed by atoms with E-state index in [1.165, 1.54) is 0 Å². The second-order valence-corrected chi connectivity index (χ2v) is 6.52. The maximum atomic E-state index is 12.1. The molecule has 3 atom stereocenters. The molecule has 3 unspecified atom stereocenters. The summed E-state index contributed by atoms with van der Waals surface area (Å²) in [6, 6.07) is 0. The Balaban J connectivity index is 2.75. The lowest BCUT2D eigenvalue weighted by Gasteiger charge is -2.42. The molecule has 1 fully saturated rings. The molecule has 1 aliphatic heterocycles. The van der Waals surface area contributed by atoms with Crippen LogP contribution in [0.4, 0.5) is 0 Å². The van der Waals surface area contributed by atoms with E-state index in [1.807, 2.05) is 34.6 Å². The maximum Gasteiger partial charge on any atom is 0.312 e. The van der Waals surface area contributed by atoms with Crippen molar-refractivity contribution in [2.24, 2.45) is 5.92 Å². The van der Waals surface area contributed by atoms with Crippen LogP contribution in [0, 0.1) is 5.92 Å². The van der Waals surface area contributed by atoms with E-state index in [0.717, 1.165) is 0 Å². The minimum atomic E-state index is -1.03. The quantitative estimate of drug-likeness (QED) is 0.772. The van der Waals surface area contributed by atoms with E-state index in [2.05, 4.69) is 0 Å². The van der Waals surface area contributed by atoms with Gasteiger partial charge in [0.25, 0.3) is 0 Å². The third kappa shape index (κ3) is 3.95. The van der Waals surface area contributed by atoms with Crippen LogP contribution >= 0.6 is 0 Å². The van der Waals surface area contributed by atoms with Crippen molar-refractivity contribution in [2.45, 2.75) is 77.8 Å². The highest BCUT2D eigenvalue weighted by Crippen LogP contribution is 2.35. The Morgan fingerprint density at radius 1 is 1.33 bits per heavy atom. The summed E-state index contributed by atoms with van der Waals surface area (Å²) >= 11 is 0. The predicted molar refractivity (Wildman–Crippen MR) is 69.2 cm³/mol. The van der Waals surface area contributed by atoms with Gasteiger partial charge in [-0.15, -0.1) is 0 Å². The number of hydrogen-bond acceptors (Lipinski definition) is 4. The largest absolute Gasteiger partial charge is 0.460 e. The average Bonchev–Trinajstić information content (AvgIpc) is 2.11. The number of ether oxygens (including phenoxy) is 2. The molecule has 0 bridgehead atoms. The van der Waals surface area contributed by atoms with Gasteiger partial charge in [-0.3, -0.25) is 4.79 Å². The van der Waals surface area contributed by atoms with E-state index in [1.54, 1.807) is 6.92 Å². The van der Waals surface area contributed by atoms with Crippen molar-refractivity contribution in [3.8, 4) is 0 Å². The maximum absolute atomic E-state index is 12.1. The predicted octanol–water partition coefficient (Wildman–Crippen LogP) is 2.28. The van der Waals surface area contributed by atoms with E-state index in [0.29, 0.717) is 12.8 Å². The summed E-state index contributed by atoms with van der Waals surface area (Å²) in [6.45, 7) is 11.1. The summed E-state index contributed by atoms with van der Waals surface area (Å²) < 4.78 is 10.9. The van der Waals surface area contributed by atoms with Crippen molar-refractivity contribution in [3.05, 3.63) is 0 Å². The zero-order chi connectivity index (χ0) is 14.1. The number of carbonyl (C=O) groups excluding carboxylic acids is 1. The van der Waals surface area contributed by atoms with Crippen LogP contribution in [0.1, 0.15) is 54.4 Å². The third-order valence-corrected chi connectivity index (χ3v) is 3.31. The topological polar surface area (TPSA) is 55.8 Å². The van der Waals surface area contributed by atoms with Crippen LogP contribution in [0.25, 0.3) is 0 Å². The minimum Gasteiger partial charge on any atom is -0.460 e. The van der Waals surface area contributed by atoms with Crippen LogP contribution in [0.15, 0.2) is 0 Å². The van der Waals surface area contributed by atoms with E-state index >= 15 is 0 Å². The van der Waals surface area contributed by atoms with Gasteiger partial charge in [-0.05, 0) is 41.5 Å². The Morgan fingerprint density at radius 2 is 1.78 bits per heavy atom. The van der Waals surface area contributed by atoms with E-state index in [4.69, 9.17) is 9.47 Å². The highest BCUT2D eigenvalue weighted by molar-refractivity contribution is 5.74. The molecule has 0 radical (unpaired) electrons. The molecular weight excluding hydrogens is 232 g/mol. The summed E-state index contributed by atoms with van der Waals surface area (Å²) in [5, 5.41) is 10.7. The zero-order valence-electron chi connectivity index (χ0n) is 12.3. The Hall–Kier alpha value is -0.610. The summed E-state index contributed by atoms with van der Waals surface area (Å²) in [5.41, 5.74) is -1.55. The van der Waals surface area contributed by atoms with Gasteiger partial charge in [0.15, 0.2) is 0 Å². The lowest BCUT2D eigenvalue weighted by atomic mass is 9.78.